The number of H-pyrrole nitrogens is 2. The minimum atomic E-state index is -0.773. The molecule has 13 heteroatoms. The summed E-state index contributed by atoms with van der Waals surface area (Å²) < 4.78 is 15.4. The molecule has 0 spiro atoms. The van der Waals surface area contributed by atoms with E-state index in [-0.39, 0.29) is 45.6 Å². The largest absolute Gasteiger partial charge is 0.494 e. The molecule has 3 aliphatic heterocycles. The number of aromatic amines is 2. The van der Waals surface area contributed by atoms with Crippen LogP contribution in [0.2, 0.25) is 0 Å². The molecule has 8 heterocycles. The highest BCUT2D eigenvalue weighted by Crippen LogP contribution is 2.46. The number of nitrogens with zero attached hydrogens (tertiary/aromatic N) is 4. The van der Waals surface area contributed by atoms with Gasteiger partial charge in [0, 0.05) is 28.7 Å². The average molecular weight is 1350 g/mol. The fraction of sp³-hybridized carbons (Fsp3) is 0.517. The summed E-state index contributed by atoms with van der Waals surface area (Å²) in [5, 5.41) is 0.575. The van der Waals surface area contributed by atoms with Crippen molar-refractivity contribution >= 4 is 78.5 Å². The van der Waals surface area contributed by atoms with Crippen LogP contribution in [0.5, 0.6) is 0 Å². The fourth-order valence-electron chi connectivity index (χ4n) is 15.8. The van der Waals surface area contributed by atoms with E-state index in [1.807, 2.05) is 0 Å². The Morgan fingerprint density at radius 2 is 0.860 bits per heavy atom. The van der Waals surface area contributed by atoms with E-state index in [2.05, 4.69) is 168 Å². The molecule has 0 radical (unpaired) electrons. The molecule has 0 saturated carbocycles. The van der Waals surface area contributed by atoms with Crippen LogP contribution in [0.3, 0.4) is 0 Å². The number of nitrogens with one attached hydrogen (secondary N) is 2. The van der Waals surface area contributed by atoms with E-state index in [0.717, 1.165) is 158 Å². The number of allylic oxidation sites excluding steroid dienone is 4. The second-order valence-corrected chi connectivity index (χ2v) is 31.5. The van der Waals surface area contributed by atoms with Crippen molar-refractivity contribution in [1.82, 2.24) is 29.1 Å². The normalized spacial score (nSPS) is 14.2. The topological polar surface area (TPSA) is 154 Å². The van der Waals surface area contributed by atoms with Crippen LogP contribution in [-0.2, 0) is 39.5 Å². The molecule has 2 N–H and O–H groups in total. The molecular formula is C87H113BN6O6. The Morgan fingerprint density at radius 1 is 0.460 bits per heavy atom. The smallest absolute Gasteiger partial charge is 0.405 e. The summed E-state index contributed by atoms with van der Waals surface area (Å²) in [5.41, 5.74) is 24.5. The van der Waals surface area contributed by atoms with Crippen molar-refractivity contribution in [3.8, 4) is 22.3 Å². The zero-order chi connectivity index (χ0) is 71.3. The predicted octanol–water partition coefficient (Wildman–Crippen LogP) is 20.7. The van der Waals surface area contributed by atoms with Gasteiger partial charge in [0.1, 0.15) is 0 Å². The van der Waals surface area contributed by atoms with Crippen molar-refractivity contribution in [1.29, 1.82) is 0 Å². The zero-order valence-electron chi connectivity index (χ0n) is 63.3. The summed E-state index contributed by atoms with van der Waals surface area (Å²) >= 11 is 0. The Balaban J connectivity index is 1.11. The number of fused-ring (bicyclic) bond motifs is 10. The van der Waals surface area contributed by atoms with E-state index in [0.29, 0.717) is 13.0 Å². The lowest BCUT2D eigenvalue weighted by molar-refractivity contribution is 0.0895. The van der Waals surface area contributed by atoms with Crippen molar-refractivity contribution in [2.75, 3.05) is 13.2 Å². The van der Waals surface area contributed by atoms with E-state index in [4.69, 9.17) is 19.3 Å². The van der Waals surface area contributed by atoms with E-state index >= 15 is 0 Å². The van der Waals surface area contributed by atoms with Crippen LogP contribution in [-0.4, -0.2) is 49.4 Å². The summed E-state index contributed by atoms with van der Waals surface area (Å²) in [6, 6.07) is 22.9. The van der Waals surface area contributed by atoms with Crippen molar-refractivity contribution < 1.29 is 9.31 Å². The van der Waals surface area contributed by atoms with Gasteiger partial charge in [-0.3, -0.25) is 28.3 Å². The molecule has 5 aromatic heterocycles. The first kappa shape index (κ1) is 73.7. The first-order valence-electron chi connectivity index (χ1n) is 38.6. The summed E-state index contributed by atoms with van der Waals surface area (Å²) in [4.78, 5) is 76.0. The Bertz CT molecular complexity index is 4520. The third-order valence-electron chi connectivity index (χ3n) is 22.1. The second-order valence-electron chi connectivity index (χ2n) is 31.5. The molecule has 12 nitrogen and oxygen atoms in total. The molecule has 3 aromatic carbocycles. The Kier molecular flexibility index (Phi) is 23.5. The molecule has 11 rings (SSSR count). The molecule has 530 valence electrons. The zero-order valence-corrected chi connectivity index (χ0v) is 63.3. The lowest BCUT2D eigenvalue weighted by atomic mass is 9.77. The van der Waals surface area contributed by atoms with Crippen LogP contribution in [0.15, 0.2) is 85.9 Å². The van der Waals surface area contributed by atoms with Gasteiger partial charge in [0.2, 0.25) is 0 Å². The van der Waals surface area contributed by atoms with Crippen molar-refractivity contribution in [3.05, 3.63) is 164 Å². The molecule has 1 fully saturated rings. The number of rotatable bonds is 29. The first-order valence-corrected chi connectivity index (χ1v) is 38.6. The molecule has 8 bridgehead atoms. The highest BCUT2D eigenvalue weighted by Gasteiger charge is 2.35. The van der Waals surface area contributed by atoms with Crippen LogP contribution in [0.1, 0.15) is 293 Å². The first-order chi connectivity index (χ1) is 48.0. The number of unbranched alkanes of at least 4 members (excludes halogenated alkanes) is 15. The van der Waals surface area contributed by atoms with Crippen LogP contribution in [0, 0.1) is 13.8 Å². The van der Waals surface area contributed by atoms with E-state index < -0.39 is 35.4 Å². The lowest BCUT2D eigenvalue weighted by Crippen LogP contribution is -2.47. The lowest BCUT2D eigenvalue weighted by Gasteiger charge is -2.27. The fourth-order valence-corrected chi connectivity index (χ4v) is 15.8. The van der Waals surface area contributed by atoms with Gasteiger partial charge in [0.05, 0.1) is 74.6 Å². The number of aromatic nitrogens is 6. The molecule has 8 aromatic rings. The van der Waals surface area contributed by atoms with Crippen LogP contribution in [0.25, 0.3) is 88.2 Å². The van der Waals surface area contributed by atoms with E-state index in [9.17, 15) is 19.2 Å². The van der Waals surface area contributed by atoms with Gasteiger partial charge in [-0.1, -0.05) is 215 Å². The maximum atomic E-state index is 14.2. The van der Waals surface area contributed by atoms with Gasteiger partial charge < -0.3 is 19.3 Å². The van der Waals surface area contributed by atoms with E-state index in [1.54, 1.807) is 0 Å². The van der Waals surface area contributed by atoms with Crippen molar-refractivity contribution in [2.24, 2.45) is 0 Å². The quantitative estimate of drug-likeness (QED) is 0.0347. The average Bonchev–Trinajstić information content (AvgIpc) is 1.58. The number of hydrogen-bond acceptors (Lipinski definition) is 8. The van der Waals surface area contributed by atoms with Gasteiger partial charge in [0.15, 0.2) is 0 Å². The molecule has 100 heavy (non-hydrogen) atoms. The third-order valence-corrected chi connectivity index (χ3v) is 22.1. The monoisotopic (exact) mass is 1350 g/mol. The number of hydrogen-bond donors (Lipinski definition) is 2. The molecule has 0 unspecified atom stereocenters. The van der Waals surface area contributed by atoms with Crippen molar-refractivity contribution in [3.63, 3.8) is 0 Å². The van der Waals surface area contributed by atoms with E-state index in [1.165, 1.54) is 139 Å². The van der Waals surface area contributed by atoms with Gasteiger partial charge in [-0.25, -0.2) is 9.97 Å². The van der Waals surface area contributed by atoms with Gasteiger partial charge in [0.25, 0.3) is 22.2 Å². The highest BCUT2D eigenvalue weighted by molar-refractivity contribution is 6.61. The van der Waals surface area contributed by atoms with Crippen LogP contribution in [0.4, 0.5) is 0 Å². The van der Waals surface area contributed by atoms with Gasteiger partial charge in [-0.2, -0.15) is 0 Å². The number of aryl methyl sites for hydroxylation is 4. The number of benzene rings is 3. The summed E-state index contributed by atoms with van der Waals surface area (Å²) in [6.07, 6.45) is 25.7. The minimum Gasteiger partial charge on any atom is -0.405 e. The molecule has 0 aliphatic carbocycles. The second kappa shape index (κ2) is 31.8. The van der Waals surface area contributed by atoms with Gasteiger partial charge in [-0.05, 0) is 193 Å². The molecule has 0 amide bonds. The molecule has 0 atom stereocenters. The summed E-state index contributed by atoms with van der Waals surface area (Å²) in [6.45, 7) is 35.1. The highest BCUT2D eigenvalue weighted by atomic mass is 16.6. The third kappa shape index (κ3) is 15.2. The molecular weight excluding hydrogens is 1240 g/mol. The standard InChI is InChI=1S/C87H113BN6O6/c1-16-21-26-31-36-64-54(6)78-76(58-40-42-62(43-41-58)88-99-52-63(53-100-88)94-84(97)70-48-68-69(49-71(70)85(94)98)83(96)93(82(68)95)44-35-30-25-20-5)79-55(7)65(37-32-27-22-17-2)73(90-79)51-75-67(39-34-29-24-19-4)57(9)81(92-75)77(59-45-60(86(10,11)12)47-61(46-59)87(13,14)15)80-56(8)66(38-33-28-23-18-3)74(91-80)50-72(64)89-78/h40-43,45-51,63,91-92H,16-39,44,52-53H2,1-15H3. The van der Waals surface area contributed by atoms with Crippen molar-refractivity contribution in [2.45, 2.75) is 281 Å². The summed E-state index contributed by atoms with van der Waals surface area (Å²) in [5.74, 6) is 0. The Labute approximate surface area is 594 Å². The minimum absolute atomic E-state index is 0.0404. The van der Waals surface area contributed by atoms with Crippen LogP contribution < -0.4 is 27.7 Å². The Morgan fingerprint density at radius 3 is 1.27 bits per heavy atom. The predicted molar refractivity (Wildman–Crippen MR) is 422 cm³/mol. The maximum absolute atomic E-state index is 14.2. The van der Waals surface area contributed by atoms with Gasteiger partial charge in [-0.15, -0.1) is 0 Å². The van der Waals surface area contributed by atoms with Gasteiger partial charge >= 0.3 is 7.12 Å². The SMILES string of the molecule is CCCCCCC1=C(C)c2nc1cc1[nH]c(c(C)c1CCCCCC)c(-c1cc(C(C)(C)C)cc(C(C)(C)C)c1)c1[nH]c(cc3nc(c2-c2ccc(B4OCC(n5c(=O)c6cc7c(=O)n(CCCCCC)c(=O)c7cc6c5=O)CO4)cc2)C(C)=C3CCCCCC)c(CCCCCC)c1C. The summed E-state index contributed by atoms with van der Waals surface area (Å²) in [7, 11) is -0.773. The Hall–Kier alpha value is -7.48. The molecule has 3 aliphatic rings. The van der Waals surface area contributed by atoms with Crippen LogP contribution >= 0.6 is 0 Å². The molecule has 1 saturated heterocycles. The maximum Gasteiger partial charge on any atom is 0.494 e.